The number of nitrogens with one attached hydrogen (secondary N) is 2. The Morgan fingerprint density at radius 1 is 0.766 bits per heavy atom. The number of anilines is 1. The molecule has 1 fully saturated rings. The Labute approximate surface area is 448 Å². The van der Waals surface area contributed by atoms with Crippen molar-refractivity contribution in [3.05, 3.63) is 159 Å². The number of phenolic OH excluding ortho intramolecular Hbond substituents is 1. The van der Waals surface area contributed by atoms with Crippen molar-refractivity contribution in [1.82, 2.24) is 20.1 Å². The summed E-state index contributed by atoms with van der Waals surface area (Å²) >= 11 is 2.72. The highest BCUT2D eigenvalue weighted by Gasteiger charge is 2.54. The van der Waals surface area contributed by atoms with Gasteiger partial charge in [-0.2, -0.15) is 0 Å². The van der Waals surface area contributed by atoms with Gasteiger partial charge in [0.1, 0.15) is 59.6 Å². The number of carbonyl (C=O) groups excluding carboxylic acids is 4. The molecule has 20 heteroatoms. The van der Waals surface area contributed by atoms with Crippen LogP contribution in [0.4, 0.5) is 5.69 Å². The van der Waals surface area contributed by atoms with E-state index in [1.807, 2.05) is 86.2 Å². The van der Waals surface area contributed by atoms with Gasteiger partial charge in [0.05, 0.1) is 23.4 Å². The molecule has 2 aliphatic carbocycles. The topological polar surface area (TPSA) is 263 Å². The molecule has 0 aromatic heterocycles. The van der Waals surface area contributed by atoms with Crippen LogP contribution in [0.15, 0.2) is 146 Å². The maximum atomic E-state index is 12.1. The number of carbonyl (C=O) groups is 6. The Balaban J connectivity index is 0.000000154. The normalized spacial score (nSPS) is 14.6. The average molecular weight is 1080 g/mol. The van der Waals surface area contributed by atoms with Gasteiger partial charge in [0.2, 0.25) is 17.2 Å². The molecule has 0 bridgehead atoms. The Hall–Kier alpha value is -8.88. The SMILES string of the molecule is CN(C)c1ccc2c(-c3ccccc3C(=O)[O-])c3ccc(=[N+](C)C)cc-3oc2c1.CNC(=O)CSCC1=C(C(=O)O)N2C(=O)C(NC(C)=O)C2SC1.O=C(O)c1ccccc1-c1c2ccc(=O)cc-2oc2cc(O)ccc12. The van der Waals surface area contributed by atoms with Gasteiger partial charge in [0, 0.05) is 108 Å². The molecule has 2 unspecified atom stereocenters. The minimum Gasteiger partial charge on any atom is -0.545 e. The summed E-state index contributed by atoms with van der Waals surface area (Å²) in [6.07, 6.45) is 0. The highest BCUT2D eigenvalue weighted by molar-refractivity contribution is 8.01. The van der Waals surface area contributed by atoms with E-state index < -0.39 is 29.9 Å². The van der Waals surface area contributed by atoms with Crippen molar-refractivity contribution in [3.63, 3.8) is 0 Å². The summed E-state index contributed by atoms with van der Waals surface area (Å²) in [5.41, 5.74) is 6.86. The van der Waals surface area contributed by atoms with Crippen molar-refractivity contribution >= 4 is 86.8 Å². The number of nitrogens with zero attached hydrogens (tertiary/aromatic N) is 3. The number of β-lactam (4-membered cyclic amide) rings is 1. The zero-order valence-corrected chi connectivity index (χ0v) is 44.0. The number of aliphatic carboxylic acids is 1. The maximum Gasteiger partial charge on any atom is 0.352 e. The largest absolute Gasteiger partial charge is 0.545 e. The molecule has 5 N–H and O–H groups in total. The van der Waals surface area contributed by atoms with E-state index in [4.69, 9.17) is 8.83 Å². The quantitative estimate of drug-likeness (QED) is 0.0577. The fraction of sp³-hybridized carbons (Fsp3) is 0.193. The van der Waals surface area contributed by atoms with E-state index in [2.05, 4.69) is 10.6 Å². The van der Waals surface area contributed by atoms with Crippen molar-refractivity contribution in [2.24, 2.45) is 0 Å². The molecule has 0 spiro atoms. The summed E-state index contributed by atoms with van der Waals surface area (Å²) in [6.45, 7) is 1.32. The molecule has 10 rings (SSSR count). The third-order valence-corrected chi connectivity index (χ3v) is 15.0. The summed E-state index contributed by atoms with van der Waals surface area (Å²) in [7, 11) is 9.42. The lowest BCUT2D eigenvalue weighted by molar-refractivity contribution is -0.255. The minimum absolute atomic E-state index is 0.0198. The van der Waals surface area contributed by atoms with Crippen molar-refractivity contribution in [2.45, 2.75) is 18.3 Å². The van der Waals surface area contributed by atoms with Gasteiger partial charge in [-0.3, -0.25) is 24.1 Å². The van der Waals surface area contributed by atoms with Crippen LogP contribution in [0.5, 0.6) is 5.75 Å². The Morgan fingerprint density at radius 2 is 1.36 bits per heavy atom. The van der Waals surface area contributed by atoms with E-state index in [0.717, 1.165) is 27.6 Å². The molecule has 6 aliphatic rings. The van der Waals surface area contributed by atoms with E-state index in [1.54, 1.807) is 42.5 Å². The number of carboxylic acid groups (broad SMARTS) is 3. The zero-order valence-electron chi connectivity index (χ0n) is 42.4. The zero-order chi connectivity index (χ0) is 55.4. The van der Waals surface area contributed by atoms with Gasteiger partial charge >= 0.3 is 11.9 Å². The molecule has 0 radical (unpaired) electrons. The van der Waals surface area contributed by atoms with Crippen molar-refractivity contribution in [2.75, 3.05) is 57.4 Å². The van der Waals surface area contributed by atoms with E-state index in [1.165, 1.54) is 72.7 Å². The van der Waals surface area contributed by atoms with Crippen LogP contribution in [0.2, 0.25) is 0 Å². The molecule has 77 heavy (non-hydrogen) atoms. The lowest BCUT2D eigenvalue weighted by Crippen LogP contribution is -2.70. The summed E-state index contributed by atoms with van der Waals surface area (Å²) in [4.78, 5) is 84.4. The van der Waals surface area contributed by atoms with Gasteiger partial charge in [-0.05, 0) is 65.2 Å². The number of aromatic carboxylic acids is 2. The second kappa shape index (κ2) is 22.9. The van der Waals surface area contributed by atoms with Gasteiger partial charge < -0.3 is 49.6 Å². The molecular weight excluding hydrogens is 1030 g/mol. The summed E-state index contributed by atoms with van der Waals surface area (Å²) in [5.74, 6) is -2.19. The first-order chi connectivity index (χ1) is 36.8. The van der Waals surface area contributed by atoms with Crippen LogP contribution in [0.3, 0.4) is 0 Å². The van der Waals surface area contributed by atoms with Crippen LogP contribution in [0.25, 0.3) is 66.8 Å². The number of carboxylic acids is 3. The molecule has 0 saturated carbocycles. The second-order valence-corrected chi connectivity index (χ2v) is 20.2. The summed E-state index contributed by atoms with van der Waals surface area (Å²) in [6, 6.07) is 33.9. The first kappa shape index (κ1) is 54.4. The number of hydrogen-bond acceptors (Lipinski definition) is 14. The smallest absolute Gasteiger partial charge is 0.352 e. The number of rotatable bonds is 11. The molecule has 394 valence electrons. The summed E-state index contributed by atoms with van der Waals surface area (Å²) < 4.78 is 14.0. The number of thioether (sulfide) groups is 2. The monoisotopic (exact) mass is 1080 g/mol. The lowest BCUT2D eigenvalue weighted by Gasteiger charge is -2.49. The van der Waals surface area contributed by atoms with E-state index >= 15 is 0 Å². The van der Waals surface area contributed by atoms with Crippen molar-refractivity contribution < 1.29 is 58.0 Å². The van der Waals surface area contributed by atoms with Crippen LogP contribution in [-0.4, -0.2) is 120 Å². The number of benzene rings is 6. The van der Waals surface area contributed by atoms with Gasteiger partial charge in [0.15, 0.2) is 5.43 Å². The van der Waals surface area contributed by atoms with Crippen LogP contribution in [0.1, 0.15) is 27.6 Å². The van der Waals surface area contributed by atoms with Crippen LogP contribution in [-0.2, 0) is 19.2 Å². The lowest BCUT2D eigenvalue weighted by atomic mass is 9.90. The first-order valence-corrected chi connectivity index (χ1v) is 25.9. The summed E-state index contributed by atoms with van der Waals surface area (Å²) in [5, 5.41) is 47.7. The van der Waals surface area contributed by atoms with Gasteiger partial charge in [-0.25, -0.2) is 14.2 Å². The molecular formula is C57H51N5O13S2. The molecule has 1 saturated heterocycles. The first-order valence-electron chi connectivity index (χ1n) is 23.7. The van der Waals surface area contributed by atoms with E-state index in [0.29, 0.717) is 67.4 Å². The van der Waals surface area contributed by atoms with Gasteiger partial charge in [-0.15, -0.1) is 23.5 Å². The average Bonchev–Trinajstić information content (AvgIpc) is 3.42. The Morgan fingerprint density at radius 3 is 1.96 bits per heavy atom. The standard InChI is InChI=1S/C24H22N2O3.C20H12O5.C13H17N3O5S2/c1-25(2)15-9-11-19-21(13-15)29-22-14-16(26(3)4)10-12-20(22)23(19)17-7-5-6-8-18(17)24(27)28;21-11-5-7-15-17(9-11)25-18-10-12(22)6-8-16(18)19(15)13-3-1-2-4-14(13)20(23)24;1-6(17)15-9-11(19)16-10(13(20)21)7(4-23-12(9)16)3-22-5-8(18)14-2/h5-14H,1-4H3;1-10,21H,(H,23,24);9,12H,3-5H2,1-2H3,(H,14,18)(H,15,17)(H,20,21). The Bertz CT molecular complexity index is 3790. The fourth-order valence-corrected chi connectivity index (χ4v) is 11.4. The highest BCUT2D eigenvalue weighted by Crippen LogP contribution is 2.44. The predicted molar refractivity (Wildman–Crippen MR) is 294 cm³/mol. The highest BCUT2D eigenvalue weighted by atomic mass is 32.2. The van der Waals surface area contributed by atoms with Crippen LogP contribution < -0.4 is 36.0 Å². The van der Waals surface area contributed by atoms with Crippen molar-refractivity contribution in [3.8, 4) is 50.7 Å². The number of aromatic hydroxyl groups is 1. The van der Waals surface area contributed by atoms with Gasteiger partial charge in [0.25, 0.3) is 5.91 Å². The molecule has 4 aromatic rings. The molecule has 2 atom stereocenters. The fourth-order valence-electron chi connectivity index (χ4n) is 8.98. The van der Waals surface area contributed by atoms with Crippen LogP contribution in [0, 0.1) is 0 Å². The molecule has 18 nitrogen and oxygen atoms in total. The number of hydrogen-bond donors (Lipinski definition) is 5. The number of amides is 3. The third kappa shape index (κ3) is 11.4. The van der Waals surface area contributed by atoms with E-state index in [-0.39, 0.29) is 50.9 Å². The van der Waals surface area contributed by atoms with Crippen molar-refractivity contribution in [1.29, 1.82) is 0 Å². The molecule has 4 aromatic carbocycles. The van der Waals surface area contributed by atoms with Crippen LogP contribution >= 0.6 is 23.5 Å². The minimum atomic E-state index is -1.20. The molecule has 3 amide bonds. The number of fused-ring (bicyclic) bond motifs is 5. The second-order valence-electron chi connectivity index (χ2n) is 18.1. The number of phenols is 1. The predicted octanol–water partition coefficient (Wildman–Crippen LogP) is 5.86. The molecule has 4 aliphatic heterocycles. The van der Waals surface area contributed by atoms with Gasteiger partial charge in [-0.1, -0.05) is 42.5 Å². The molecule has 4 heterocycles. The maximum absolute atomic E-state index is 12.1. The Kier molecular flexibility index (Phi) is 16.2. The van der Waals surface area contributed by atoms with E-state index in [9.17, 15) is 54.0 Å². The third-order valence-electron chi connectivity index (χ3n) is 12.6.